The van der Waals surface area contributed by atoms with Gasteiger partial charge in [0.25, 0.3) is 0 Å². The lowest BCUT2D eigenvalue weighted by Gasteiger charge is -2.07. The van der Waals surface area contributed by atoms with E-state index in [0.717, 1.165) is 16.9 Å². The number of aromatic nitrogens is 4. The van der Waals surface area contributed by atoms with E-state index in [9.17, 15) is 13.2 Å². The summed E-state index contributed by atoms with van der Waals surface area (Å²) in [5, 5.41) is 4.20. The van der Waals surface area contributed by atoms with Gasteiger partial charge in [-0.05, 0) is 25.6 Å². The second-order valence-corrected chi connectivity index (χ2v) is 4.59. The van der Waals surface area contributed by atoms with E-state index in [1.807, 2.05) is 6.92 Å². The van der Waals surface area contributed by atoms with Crippen LogP contribution in [0.3, 0.4) is 0 Å². The van der Waals surface area contributed by atoms with Gasteiger partial charge in [-0.2, -0.15) is 18.3 Å². The van der Waals surface area contributed by atoms with Crippen molar-refractivity contribution in [1.82, 2.24) is 19.3 Å². The zero-order chi connectivity index (χ0) is 13.5. The van der Waals surface area contributed by atoms with Crippen molar-refractivity contribution in [2.24, 2.45) is 7.05 Å². The zero-order valence-electron chi connectivity index (χ0n) is 10.0. The van der Waals surface area contributed by atoms with Gasteiger partial charge in [-0.15, -0.1) is 0 Å². The van der Waals surface area contributed by atoms with E-state index in [2.05, 4.69) is 10.1 Å². The van der Waals surface area contributed by atoms with Crippen LogP contribution in [0.5, 0.6) is 0 Å². The number of rotatable bonds is 3. The molecule has 0 radical (unpaired) electrons. The number of fused-ring (bicyclic) bond motifs is 1. The Morgan fingerprint density at radius 1 is 1.39 bits per heavy atom. The lowest BCUT2D eigenvalue weighted by Crippen LogP contribution is -2.10. The molecule has 2 heterocycles. The molecule has 0 spiro atoms. The van der Waals surface area contributed by atoms with E-state index < -0.39 is 12.6 Å². The second-order valence-electron chi connectivity index (χ2n) is 4.21. The molecular weight excluding hydrogens is 265 g/mol. The molecule has 0 atom stereocenters. The van der Waals surface area contributed by atoms with Crippen LogP contribution in [0, 0.1) is 11.7 Å². The number of nitrogens with zero attached hydrogens (tertiary/aromatic N) is 3. The van der Waals surface area contributed by atoms with E-state index in [-0.39, 0.29) is 13.0 Å². The maximum Gasteiger partial charge on any atom is 0.389 e. The maximum absolute atomic E-state index is 12.1. The normalized spacial score (nSPS) is 12.5. The number of aryl methyl sites for hydroxylation is 3. The number of alkyl halides is 3. The predicted octanol–water partition coefficient (Wildman–Crippen LogP) is 3.08. The van der Waals surface area contributed by atoms with Gasteiger partial charge < -0.3 is 9.55 Å². The van der Waals surface area contributed by atoms with Crippen molar-refractivity contribution in [1.29, 1.82) is 0 Å². The average molecular weight is 278 g/mol. The van der Waals surface area contributed by atoms with Crippen molar-refractivity contribution in [2.75, 3.05) is 0 Å². The van der Waals surface area contributed by atoms with Crippen molar-refractivity contribution in [3.05, 3.63) is 10.5 Å². The summed E-state index contributed by atoms with van der Waals surface area (Å²) in [5.41, 5.74) is 2.31. The minimum atomic E-state index is -4.13. The van der Waals surface area contributed by atoms with Crippen molar-refractivity contribution >= 4 is 23.4 Å². The van der Waals surface area contributed by atoms with Crippen LogP contribution in [0.2, 0.25) is 0 Å². The third-order valence-electron chi connectivity index (χ3n) is 2.77. The number of aromatic amines is 1. The number of halogens is 3. The predicted molar refractivity (Wildman–Crippen MR) is 63.9 cm³/mol. The summed E-state index contributed by atoms with van der Waals surface area (Å²) < 4.78 is 40.1. The summed E-state index contributed by atoms with van der Waals surface area (Å²) in [6.07, 6.45) is -4.92. The Morgan fingerprint density at radius 3 is 2.67 bits per heavy atom. The summed E-state index contributed by atoms with van der Waals surface area (Å²) in [6.45, 7) is 2.06. The molecule has 0 aliphatic heterocycles. The highest BCUT2D eigenvalue weighted by atomic mass is 32.1. The Balaban J connectivity index is 2.28. The molecule has 2 rings (SSSR count). The molecule has 0 aliphatic carbocycles. The van der Waals surface area contributed by atoms with Gasteiger partial charge in [-0.25, -0.2) is 0 Å². The fourth-order valence-corrected chi connectivity index (χ4v) is 2.30. The fourth-order valence-electron chi connectivity index (χ4n) is 2.02. The van der Waals surface area contributed by atoms with Gasteiger partial charge in [0.1, 0.15) is 5.52 Å². The Kier molecular flexibility index (Phi) is 3.22. The quantitative estimate of drug-likeness (QED) is 0.876. The maximum atomic E-state index is 12.1. The highest BCUT2D eigenvalue weighted by Gasteiger charge is 2.26. The fraction of sp³-hybridized carbons (Fsp3) is 0.600. The molecule has 100 valence electrons. The number of hydrogen-bond acceptors (Lipinski definition) is 2. The molecule has 4 nitrogen and oxygen atoms in total. The van der Waals surface area contributed by atoms with Crippen LogP contribution in [0.15, 0.2) is 0 Å². The first-order valence-corrected chi connectivity index (χ1v) is 5.89. The standard InChI is InChI=1S/C10H13F3N4S/c1-6-7-8(16(2)15-6)17(9(18)14-7)5-3-4-10(11,12)13/h3-5H2,1-2H3,(H,14,18). The largest absolute Gasteiger partial charge is 0.389 e. The summed E-state index contributed by atoms with van der Waals surface area (Å²) in [7, 11) is 1.75. The van der Waals surface area contributed by atoms with E-state index in [4.69, 9.17) is 12.2 Å². The highest BCUT2D eigenvalue weighted by molar-refractivity contribution is 7.71. The van der Waals surface area contributed by atoms with Gasteiger partial charge in [0.05, 0.1) is 5.69 Å². The van der Waals surface area contributed by atoms with Crippen LogP contribution in [0.25, 0.3) is 11.2 Å². The third kappa shape index (κ3) is 2.43. The Labute approximate surface area is 106 Å². The molecule has 0 bridgehead atoms. The summed E-state index contributed by atoms with van der Waals surface area (Å²) in [5.74, 6) is 0. The molecule has 8 heteroatoms. The van der Waals surface area contributed by atoms with Crippen molar-refractivity contribution in [3.63, 3.8) is 0 Å². The van der Waals surface area contributed by atoms with Gasteiger partial charge in [-0.3, -0.25) is 4.68 Å². The SMILES string of the molecule is Cc1nn(C)c2c1[nH]c(=S)n2CCCC(F)(F)F. The zero-order valence-corrected chi connectivity index (χ0v) is 10.8. The topological polar surface area (TPSA) is 38.5 Å². The summed E-state index contributed by atoms with van der Waals surface area (Å²) in [4.78, 5) is 2.98. The summed E-state index contributed by atoms with van der Waals surface area (Å²) in [6, 6.07) is 0. The van der Waals surface area contributed by atoms with Gasteiger partial charge >= 0.3 is 6.18 Å². The van der Waals surface area contributed by atoms with Crippen molar-refractivity contribution < 1.29 is 13.2 Å². The molecule has 0 saturated carbocycles. The van der Waals surface area contributed by atoms with Crippen LogP contribution in [-0.4, -0.2) is 25.5 Å². The second kappa shape index (κ2) is 4.42. The molecule has 0 saturated heterocycles. The number of hydrogen-bond donors (Lipinski definition) is 1. The first-order chi connectivity index (χ1) is 8.29. The Hall–Kier alpha value is -1.31. The number of nitrogens with one attached hydrogen (secondary N) is 1. The van der Waals surface area contributed by atoms with Gasteiger partial charge in [-0.1, -0.05) is 0 Å². The van der Waals surface area contributed by atoms with Gasteiger partial charge in [0.15, 0.2) is 10.4 Å². The Bertz CT molecular complexity index is 619. The number of imidazole rings is 1. The lowest BCUT2D eigenvalue weighted by molar-refractivity contribution is -0.135. The van der Waals surface area contributed by atoms with E-state index >= 15 is 0 Å². The van der Waals surface area contributed by atoms with Crippen LogP contribution in [0.1, 0.15) is 18.5 Å². The lowest BCUT2D eigenvalue weighted by atomic mass is 10.3. The molecule has 0 aliphatic rings. The molecule has 1 N–H and O–H groups in total. The van der Waals surface area contributed by atoms with Crippen LogP contribution < -0.4 is 0 Å². The third-order valence-corrected chi connectivity index (χ3v) is 3.09. The van der Waals surface area contributed by atoms with Crippen molar-refractivity contribution in [3.8, 4) is 0 Å². The minimum Gasteiger partial charge on any atom is -0.328 e. The smallest absolute Gasteiger partial charge is 0.328 e. The molecule has 2 aromatic heterocycles. The molecule has 0 unspecified atom stereocenters. The van der Waals surface area contributed by atoms with E-state index in [1.54, 1.807) is 16.3 Å². The monoisotopic (exact) mass is 278 g/mol. The molecule has 0 aromatic carbocycles. The molecule has 0 amide bonds. The highest BCUT2D eigenvalue weighted by Crippen LogP contribution is 2.23. The Morgan fingerprint density at radius 2 is 2.06 bits per heavy atom. The molecule has 2 aromatic rings. The minimum absolute atomic E-state index is 0.00892. The van der Waals surface area contributed by atoms with Gasteiger partial charge in [0, 0.05) is 20.0 Å². The average Bonchev–Trinajstić information content (AvgIpc) is 2.66. The molecule has 0 fully saturated rings. The van der Waals surface area contributed by atoms with Crippen LogP contribution in [-0.2, 0) is 13.6 Å². The van der Waals surface area contributed by atoms with Crippen LogP contribution in [0.4, 0.5) is 13.2 Å². The van der Waals surface area contributed by atoms with E-state index in [0.29, 0.717) is 4.77 Å². The van der Waals surface area contributed by atoms with E-state index in [1.165, 1.54) is 0 Å². The first kappa shape index (κ1) is 13.1. The van der Waals surface area contributed by atoms with Gasteiger partial charge in [0.2, 0.25) is 0 Å². The first-order valence-electron chi connectivity index (χ1n) is 5.48. The van der Waals surface area contributed by atoms with Crippen molar-refractivity contribution in [2.45, 2.75) is 32.5 Å². The van der Waals surface area contributed by atoms with Crippen LogP contribution >= 0.6 is 12.2 Å². The molecular formula is C10H13F3N4S. The summed E-state index contributed by atoms with van der Waals surface area (Å²) >= 11 is 5.12. The molecule has 18 heavy (non-hydrogen) atoms. The number of H-pyrrole nitrogens is 1.